The zero-order valence-electron chi connectivity index (χ0n) is 12.1. The number of hydrogen-bond acceptors (Lipinski definition) is 4. The second kappa shape index (κ2) is 6.11. The van der Waals surface area contributed by atoms with Crippen molar-refractivity contribution in [2.45, 2.75) is 32.6 Å². The molecule has 1 saturated heterocycles. The number of anilines is 1. The van der Waals surface area contributed by atoms with Crippen LogP contribution in [0, 0.1) is 5.41 Å². The van der Waals surface area contributed by atoms with E-state index in [9.17, 15) is 9.90 Å². The van der Waals surface area contributed by atoms with Crippen molar-refractivity contribution >= 4 is 11.7 Å². The van der Waals surface area contributed by atoms with E-state index in [0.29, 0.717) is 12.4 Å². The molecule has 0 aromatic carbocycles. The summed E-state index contributed by atoms with van der Waals surface area (Å²) >= 11 is 0. The first-order valence-electron chi connectivity index (χ1n) is 7.10. The molecule has 0 aliphatic carbocycles. The van der Waals surface area contributed by atoms with Crippen LogP contribution < -0.4 is 9.64 Å². The molecule has 1 unspecified atom stereocenters. The number of pyridine rings is 1. The molecule has 1 fully saturated rings. The Labute approximate surface area is 119 Å². The third-order valence-corrected chi connectivity index (χ3v) is 4.05. The highest BCUT2D eigenvalue weighted by atomic mass is 16.5. The summed E-state index contributed by atoms with van der Waals surface area (Å²) in [5.74, 6) is -0.116. The van der Waals surface area contributed by atoms with Gasteiger partial charge in [0.15, 0.2) is 0 Å². The van der Waals surface area contributed by atoms with E-state index in [0.717, 1.165) is 37.9 Å². The Balaban J connectivity index is 2.22. The van der Waals surface area contributed by atoms with Crippen molar-refractivity contribution in [2.24, 2.45) is 5.41 Å². The Kier molecular flexibility index (Phi) is 4.47. The lowest BCUT2D eigenvalue weighted by Gasteiger charge is -2.41. The van der Waals surface area contributed by atoms with Crippen LogP contribution in [0.4, 0.5) is 5.69 Å². The molecule has 1 atom stereocenters. The molecule has 1 aromatic heterocycles. The van der Waals surface area contributed by atoms with Crippen LogP contribution in [0.3, 0.4) is 0 Å². The van der Waals surface area contributed by atoms with E-state index >= 15 is 0 Å². The lowest BCUT2D eigenvalue weighted by molar-refractivity contribution is -0.150. The highest BCUT2D eigenvalue weighted by molar-refractivity contribution is 5.76. The number of carboxylic acids is 1. The van der Waals surface area contributed by atoms with Gasteiger partial charge < -0.3 is 14.7 Å². The molecule has 0 radical (unpaired) electrons. The summed E-state index contributed by atoms with van der Waals surface area (Å²) in [4.78, 5) is 17.9. The van der Waals surface area contributed by atoms with E-state index in [4.69, 9.17) is 4.74 Å². The van der Waals surface area contributed by atoms with Gasteiger partial charge in [0.2, 0.25) is 5.88 Å². The average molecular weight is 278 g/mol. The molecule has 0 spiro atoms. The molecule has 1 N–H and O–H groups in total. The maximum atomic E-state index is 11.7. The lowest BCUT2D eigenvalue weighted by Crippen LogP contribution is -2.48. The molecule has 2 heterocycles. The molecular formula is C15H22N2O3. The maximum absolute atomic E-state index is 11.7. The fourth-order valence-corrected chi connectivity index (χ4v) is 3.02. The van der Waals surface area contributed by atoms with Crippen molar-refractivity contribution in [3.8, 4) is 5.88 Å². The molecule has 5 heteroatoms. The molecule has 1 aliphatic rings. The maximum Gasteiger partial charge on any atom is 0.311 e. The molecule has 1 aromatic rings. The Bertz CT molecular complexity index is 474. The molecule has 2 rings (SSSR count). The number of aromatic nitrogens is 1. The largest absolute Gasteiger partial charge is 0.481 e. The molecule has 0 amide bonds. The quantitative estimate of drug-likeness (QED) is 0.897. The fourth-order valence-electron chi connectivity index (χ4n) is 3.02. The van der Waals surface area contributed by atoms with Crippen LogP contribution >= 0.6 is 0 Å². The van der Waals surface area contributed by atoms with Gasteiger partial charge in [0, 0.05) is 31.0 Å². The second-order valence-corrected chi connectivity index (χ2v) is 5.42. The first-order valence-corrected chi connectivity index (χ1v) is 7.10. The number of nitrogens with zero attached hydrogens (tertiary/aromatic N) is 2. The zero-order valence-corrected chi connectivity index (χ0v) is 12.1. The van der Waals surface area contributed by atoms with Gasteiger partial charge in [-0.15, -0.1) is 0 Å². The van der Waals surface area contributed by atoms with E-state index in [1.54, 1.807) is 13.3 Å². The van der Waals surface area contributed by atoms with Crippen molar-refractivity contribution in [3.63, 3.8) is 0 Å². The molecule has 20 heavy (non-hydrogen) atoms. The Hall–Kier alpha value is -1.78. The van der Waals surface area contributed by atoms with Crippen LogP contribution in [0.15, 0.2) is 18.3 Å². The van der Waals surface area contributed by atoms with Gasteiger partial charge in [0.25, 0.3) is 0 Å². The number of ether oxygens (including phenoxy) is 1. The van der Waals surface area contributed by atoms with Crippen LogP contribution in [0.25, 0.3) is 0 Å². The van der Waals surface area contributed by atoms with Gasteiger partial charge >= 0.3 is 5.97 Å². The number of methoxy groups -OCH3 is 1. The van der Waals surface area contributed by atoms with Gasteiger partial charge in [0.1, 0.15) is 0 Å². The predicted molar refractivity (Wildman–Crippen MR) is 77.2 cm³/mol. The lowest BCUT2D eigenvalue weighted by atomic mass is 9.76. The second-order valence-electron chi connectivity index (χ2n) is 5.42. The zero-order chi connectivity index (χ0) is 14.6. The first kappa shape index (κ1) is 14.6. The SMILES string of the molecule is CCCC1(C(=O)O)CCCN(c2ccnc(OC)c2)C1. The van der Waals surface area contributed by atoms with Gasteiger partial charge in [-0.25, -0.2) is 4.98 Å². The fraction of sp³-hybridized carbons (Fsp3) is 0.600. The Morgan fingerprint density at radius 1 is 1.60 bits per heavy atom. The van der Waals surface area contributed by atoms with Gasteiger partial charge in [-0.05, 0) is 25.3 Å². The van der Waals surface area contributed by atoms with Crippen molar-refractivity contribution in [1.82, 2.24) is 4.98 Å². The third kappa shape index (κ3) is 2.86. The van der Waals surface area contributed by atoms with Gasteiger partial charge in [0.05, 0.1) is 12.5 Å². The molecular weight excluding hydrogens is 256 g/mol. The smallest absolute Gasteiger partial charge is 0.311 e. The Morgan fingerprint density at radius 3 is 3.05 bits per heavy atom. The van der Waals surface area contributed by atoms with E-state index in [1.165, 1.54) is 0 Å². The van der Waals surface area contributed by atoms with Gasteiger partial charge in [-0.2, -0.15) is 0 Å². The van der Waals surface area contributed by atoms with E-state index < -0.39 is 11.4 Å². The number of hydrogen-bond donors (Lipinski definition) is 1. The summed E-state index contributed by atoms with van der Waals surface area (Å²) in [6, 6.07) is 3.77. The summed E-state index contributed by atoms with van der Waals surface area (Å²) in [5, 5.41) is 9.62. The number of carbonyl (C=O) groups is 1. The summed E-state index contributed by atoms with van der Waals surface area (Å²) in [6.07, 6.45) is 4.97. The van der Waals surface area contributed by atoms with Crippen molar-refractivity contribution in [3.05, 3.63) is 18.3 Å². The van der Waals surface area contributed by atoms with E-state index in [-0.39, 0.29) is 0 Å². The minimum atomic E-state index is -0.676. The normalized spacial score (nSPS) is 22.6. The summed E-state index contributed by atoms with van der Waals surface area (Å²) in [5.41, 5.74) is 0.363. The summed E-state index contributed by atoms with van der Waals surface area (Å²) in [7, 11) is 1.58. The number of piperidine rings is 1. The minimum Gasteiger partial charge on any atom is -0.481 e. The topological polar surface area (TPSA) is 62.7 Å². The van der Waals surface area contributed by atoms with Crippen molar-refractivity contribution in [1.29, 1.82) is 0 Å². The van der Waals surface area contributed by atoms with Crippen molar-refractivity contribution < 1.29 is 14.6 Å². The van der Waals surface area contributed by atoms with E-state index in [1.807, 2.05) is 19.1 Å². The predicted octanol–water partition coefficient (Wildman–Crippen LogP) is 2.56. The molecule has 5 nitrogen and oxygen atoms in total. The number of rotatable bonds is 5. The highest BCUT2D eigenvalue weighted by Gasteiger charge is 2.41. The minimum absolute atomic E-state index is 0.559. The standard InChI is InChI=1S/C15H22N2O3/c1-3-6-15(14(18)19)7-4-9-17(11-15)12-5-8-16-13(10-12)20-2/h5,8,10H,3-4,6-7,9,11H2,1-2H3,(H,18,19). The average Bonchev–Trinajstić information content (AvgIpc) is 2.48. The van der Waals surface area contributed by atoms with Gasteiger partial charge in [-0.1, -0.05) is 13.3 Å². The highest BCUT2D eigenvalue weighted by Crippen LogP contribution is 2.37. The van der Waals surface area contributed by atoms with Crippen LogP contribution in [0.1, 0.15) is 32.6 Å². The molecule has 1 aliphatic heterocycles. The Morgan fingerprint density at radius 2 is 2.40 bits per heavy atom. The van der Waals surface area contributed by atoms with Crippen LogP contribution in [0.2, 0.25) is 0 Å². The molecule has 0 bridgehead atoms. The molecule has 0 saturated carbocycles. The summed E-state index contributed by atoms with van der Waals surface area (Å²) in [6.45, 7) is 3.48. The van der Waals surface area contributed by atoms with Crippen LogP contribution in [0.5, 0.6) is 5.88 Å². The monoisotopic (exact) mass is 278 g/mol. The van der Waals surface area contributed by atoms with Crippen molar-refractivity contribution in [2.75, 3.05) is 25.1 Å². The summed E-state index contributed by atoms with van der Waals surface area (Å²) < 4.78 is 5.14. The van der Waals surface area contributed by atoms with E-state index in [2.05, 4.69) is 9.88 Å². The van der Waals surface area contributed by atoms with Crippen LogP contribution in [-0.4, -0.2) is 36.3 Å². The van der Waals surface area contributed by atoms with Crippen LogP contribution in [-0.2, 0) is 4.79 Å². The number of carboxylic acid groups (broad SMARTS) is 1. The third-order valence-electron chi connectivity index (χ3n) is 4.05. The number of aliphatic carboxylic acids is 1. The van der Waals surface area contributed by atoms with Gasteiger partial charge in [-0.3, -0.25) is 4.79 Å². The molecule has 110 valence electrons. The first-order chi connectivity index (χ1) is 9.61.